The highest BCUT2D eigenvalue weighted by Gasteiger charge is 2.26. The van der Waals surface area contributed by atoms with Gasteiger partial charge in [0.05, 0.1) is 19.3 Å². The van der Waals surface area contributed by atoms with Gasteiger partial charge in [0.15, 0.2) is 0 Å². The number of ether oxygens (including phenoxy) is 2. The SMILES string of the molecule is COCCCNC(=O)C1CCN(CC(=O)Nc2ccsc2C(=O)OC)CC1. The third-order valence-corrected chi connectivity index (χ3v) is 5.35. The van der Waals surface area contributed by atoms with Gasteiger partial charge >= 0.3 is 5.97 Å². The standard InChI is InChI=1S/C18H27N3O5S/c1-25-10-3-7-19-17(23)13-4-8-21(9-5-13)12-15(22)20-14-6-11-27-16(14)18(24)26-2/h6,11,13H,3-5,7-10,12H2,1-2H3,(H,19,23)(H,20,22). The van der Waals surface area contributed by atoms with Crippen molar-refractivity contribution in [1.29, 1.82) is 0 Å². The Morgan fingerprint density at radius 3 is 2.67 bits per heavy atom. The number of nitrogens with one attached hydrogen (secondary N) is 2. The minimum atomic E-state index is -0.461. The van der Waals surface area contributed by atoms with Crippen LogP contribution in [0.25, 0.3) is 0 Å². The number of esters is 1. The highest BCUT2D eigenvalue weighted by atomic mass is 32.1. The second-order valence-electron chi connectivity index (χ2n) is 6.39. The smallest absolute Gasteiger partial charge is 0.350 e. The van der Waals surface area contributed by atoms with Crippen LogP contribution < -0.4 is 10.6 Å². The van der Waals surface area contributed by atoms with E-state index in [0.29, 0.717) is 36.8 Å². The molecule has 0 aliphatic carbocycles. The van der Waals surface area contributed by atoms with Gasteiger partial charge in [-0.15, -0.1) is 11.3 Å². The second kappa shape index (κ2) is 11.0. The van der Waals surface area contributed by atoms with Crippen molar-refractivity contribution in [3.05, 3.63) is 16.3 Å². The zero-order valence-corrected chi connectivity index (χ0v) is 16.6. The van der Waals surface area contributed by atoms with E-state index in [9.17, 15) is 14.4 Å². The second-order valence-corrected chi connectivity index (χ2v) is 7.31. The first-order valence-corrected chi connectivity index (χ1v) is 9.87. The molecule has 1 aromatic heterocycles. The monoisotopic (exact) mass is 397 g/mol. The summed E-state index contributed by atoms with van der Waals surface area (Å²) >= 11 is 1.23. The van der Waals surface area contributed by atoms with E-state index in [1.807, 2.05) is 4.90 Å². The van der Waals surface area contributed by atoms with Gasteiger partial charge in [-0.1, -0.05) is 0 Å². The van der Waals surface area contributed by atoms with Crippen LogP contribution in [0, 0.1) is 5.92 Å². The van der Waals surface area contributed by atoms with Crippen LogP contribution in [0.5, 0.6) is 0 Å². The maximum atomic E-state index is 12.3. The Balaban J connectivity index is 1.72. The number of thiophene rings is 1. The summed E-state index contributed by atoms with van der Waals surface area (Å²) in [5.41, 5.74) is 0.474. The lowest BCUT2D eigenvalue weighted by molar-refractivity contribution is -0.126. The zero-order chi connectivity index (χ0) is 19.6. The summed E-state index contributed by atoms with van der Waals surface area (Å²) in [4.78, 5) is 38.5. The maximum absolute atomic E-state index is 12.3. The fourth-order valence-corrected chi connectivity index (χ4v) is 3.74. The summed E-state index contributed by atoms with van der Waals surface area (Å²) in [5.74, 6) is -0.565. The van der Waals surface area contributed by atoms with Crippen LogP contribution in [0.4, 0.5) is 5.69 Å². The highest BCUT2D eigenvalue weighted by molar-refractivity contribution is 7.12. The quantitative estimate of drug-likeness (QED) is 0.482. The van der Waals surface area contributed by atoms with Crippen molar-refractivity contribution in [3.8, 4) is 0 Å². The fourth-order valence-electron chi connectivity index (χ4n) is 2.98. The molecule has 9 heteroatoms. The maximum Gasteiger partial charge on any atom is 0.350 e. The number of amides is 2. The molecule has 2 N–H and O–H groups in total. The van der Waals surface area contributed by atoms with Gasteiger partial charge in [0.25, 0.3) is 0 Å². The van der Waals surface area contributed by atoms with Crippen molar-refractivity contribution in [1.82, 2.24) is 10.2 Å². The molecule has 2 amide bonds. The van der Waals surface area contributed by atoms with E-state index in [1.54, 1.807) is 18.6 Å². The third-order valence-electron chi connectivity index (χ3n) is 4.46. The molecule has 150 valence electrons. The van der Waals surface area contributed by atoms with E-state index < -0.39 is 5.97 Å². The van der Waals surface area contributed by atoms with Crippen LogP contribution in [0.2, 0.25) is 0 Å². The summed E-state index contributed by atoms with van der Waals surface area (Å²) < 4.78 is 9.67. The molecule has 0 bridgehead atoms. The molecular formula is C18H27N3O5S. The predicted octanol–water partition coefficient (Wildman–Crippen LogP) is 1.34. The molecule has 8 nitrogen and oxygen atoms in total. The molecule has 0 unspecified atom stereocenters. The lowest BCUT2D eigenvalue weighted by Crippen LogP contribution is -2.43. The molecule has 1 aliphatic heterocycles. The van der Waals surface area contributed by atoms with Crippen molar-refractivity contribution in [3.63, 3.8) is 0 Å². The Morgan fingerprint density at radius 1 is 1.26 bits per heavy atom. The fraction of sp³-hybridized carbons (Fsp3) is 0.611. The Bertz CT molecular complexity index is 641. The van der Waals surface area contributed by atoms with E-state index in [1.165, 1.54) is 18.4 Å². The number of carbonyl (C=O) groups is 3. The molecule has 0 radical (unpaired) electrons. The molecule has 1 aliphatic rings. The van der Waals surface area contributed by atoms with Gasteiger partial charge < -0.3 is 20.1 Å². The molecule has 0 saturated carbocycles. The number of rotatable bonds is 9. The van der Waals surface area contributed by atoms with Crippen molar-refractivity contribution in [2.75, 3.05) is 52.3 Å². The van der Waals surface area contributed by atoms with E-state index >= 15 is 0 Å². The summed E-state index contributed by atoms with van der Waals surface area (Å²) in [7, 11) is 2.95. The van der Waals surface area contributed by atoms with Crippen LogP contribution >= 0.6 is 11.3 Å². The summed E-state index contributed by atoms with van der Waals surface area (Å²) in [6.45, 7) is 2.88. The molecule has 0 aromatic carbocycles. The van der Waals surface area contributed by atoms with Gasteiger partial charge in [-0.2, -0.15) is 0 Å². The minimum absolute atomic E-state index is 0.00495. The van der Waals surface area contributed by atoms with E-state index in [2.05, 4.69) is 10.6 Å². The van der Waals surface area contributed by atoms with E-state index in [4.69, 9.17) is 9.47 Å². The molecule has 1 saturated heterocycles. The number of nitrogens with zero attached hydrogens (tertiary/aromatic N) is 1. The average molecular weight is 397 g/mol. The van der Waals surface area contributed by atoms with Crippen LogP contribution in [0.15, 0.2) is 11.4 Å². The van der Waals surface area contributed by atoms with Crippen LogP contribution in [0.3, 0.4) is 0 Å². The molecule has 2 heterocycles. The first-order valence-electron chi connectivity index (χ1n) is 8.99. The summed E-state index contributed by atoms with van der Waals surface area (Å²) in [6.07, 6.45) is 2.27. The molecular weight excluding hydrogens is 370 g/mol. The van der Waals surface area contributed by atoms with Crippen LogP contribution in [0.1, 0.15) is 28.9 Å². The van der Waals surface area contributed by atoms with Crippen LogP contribution in [-0.2, 0) is 19.1 Å². The number of carbonyl (C=O) groups excluding carboxylic acids is 3. The van der Waals surface area contributed by atoms with E-state index in [-0.39, 0.29) is 24.3 Å². The Kier molecular flexibility index (Phi) is 8.70. The Hall–Kier alpha value is -1.97. The third kappa shape index (κ3) is 6.60. The first kappa shape index (κ1) is 21.3. The Morgan fingerprint density at radius 2 is 2.00 bits per heavy atom. The summed E-state index contributed by atoms with van der Waals surface area (Å²) in [6, 6.07) is 1.69. The van der Waals surface area contributed by atoms with Gasteiger partial charge in [-0.25, -0.2) is 4.79 Å². The number of hydrogen-bond acceptors (Lipinski definition) is 7. The molecule has 0 spiro atoms. The van der Waals surface area contributed by atoms with Crippen LogP contribution in [-0.4, -0.2) is 69.7 Å². The topological polar surface area (TPSA) is 97.0 Å². The molecule has 2 rings (SSSR count). The number of anilines is 1. The van der Waals surface area contributed by atoms with Gasteiger partial charge in [-0.3, -0.25) is 14.5 Å². The minimum Gasteiger partial charge on any atom is -0.465 e. The highest BCUT2D eigenvalue weighted by Crippen LogP contribution is 2.23. The number of likely N-dealkylation sites (tertiary alicyclic amines) is 1. The van der Waals surface area contributed by atoms with Crippen molar-refractivity contribution >= 4 is 34.8 Å². The zero-order valence-electron chi connectivity index (χ0n) is 15.8. The van der Waals surface area contributed by atoms with Gasteiger partial charge in [0, 0.05) is 26.2 Å². The summed E-state index contributed by atoms with van der Waals surface area (Å²) in [5, 5.41) is 7.43. The van der Waals surface area contributed by atoms with Crippen molar-refractivity contribution in [2.24, 2.45) is 5.92 Å². The molecule has 1 fully saturated rings. The van der Waals surface area contributed by atoms with Gasteiger partial charge in [0.1, 0.15) is 4.88 Å². The number of methoxy groups -OCH3 is 2. The average Bonchev–Trinajstić information content (AvgIpc) is 3.13. The van der Waals surface area contributed by atoms with E-state index in [0.717, 1.165) is 19.3 Å². The number of hydrogen-bond donors (Lipinski definition) is 2. The molecule has 1 aromatic rings. The van der Waals surface area contributed by atoms with Crippen molar-refractivity contribution in [2.45, 2.75) is 19.3 Å². The lowest BCUT2D eigenvalue weighted by Gasteiger charge is -2.30. The van der Waals surface area contributed by atoms with Gasteiger partial charge in [0.2, 0.25) is 11.8 Å². The lowest BCUT2D eigenvalue weighted by atomic mass is 9.96. The van der Waals surface area contributed by atoms with Gasteiger partial charge in [-0.05, 0) is 43.8 Å². The first-order chi connectivity index (χ1) is 13.0. The van der Waals surface area contributed by atoms with Crippen molar-refractivity contribution < 1.29 is 23.9 Å². The predicted molar refractivity (Wildman–Crippen MR) is 103 cm³/mol. The normalized spacial score (nSPS) is 15.3. The number of piperidine rings is 1. The molecule has 27 heavy (non-hydrogen) atoms. The largest absolute Gasteiger partial charge is 0.465 e. The molecule has 0 atom stereocenters. The Labute approximate surface area is 163 Å².